The molecule has 3 N–H and O–H groups in total. The molecule has 2 fully saturated rings. The summed E-state index contributed by atoms with van der Waals surface area (Å²) in [6, 6.07) is 16.1. The Morgan fingerprint density at radius 2 is 1.94 bits per heavy atom. The highest BCUT2D eigenvalue weighted by Gasteiger charge is 2.34. The van der Waals surface area contributed by atoms with Gasteiger partial charge in [-0.3, -0.25) is 4.84 Å². The fourth-order valence-electron chi connectivity index (χ4n) is 4.55. The zero-order chi connectivity index (χ0) is 23.2. The third-order valence-corrected chi connectivity index (χ3v) is 6.38. The molecule has 2 aromatic carbocycles. The molecule has 2 amide bonds. The number of nitrogens with zero attached hydrogens (tertiary/aromatic N) is 4. The van der Waals surface area contributed by atoms with E-state index in [1.165, 1.54) is 9.58 Å². The van der Waals surface area contributed by atoms with Crippen molar-refractivity contribution in [3.63, 3.8) is 0 Å². The number of halogens is 1. The molecule has 0 radical (unpaired) electrons. The van der Waals surface area contributed by atoms with Crippen molar-refractivity contribution < 1.29 is 14.0 Å². The molecule has 6 rings (SSSR count). The first-order valence-electron chi connectivity index (χ1n) is 11.3. The smallest absolute Gasteiger partial charge is 0.346 e. The van der Waals surface area contributed by atoms with E-state index < -0.39 is 11.8 Å². The SMILES string of the molecule is Nc1nc2cc(-c3ccc(C4CC4)c(NC(=O)N4OCC[C@H]4c4ccccc4)c3F)ccn2n1. The van der Waals surface area contributed by atoms with Crippen LogP contribution in [-0.2, 0) is 4.84 Å². The molecule has 172 valence electrons. The Kier molecular flexibility index (Phi) is 4.91. The highest BCUT2D eigenvalue weighted by molar-refractivity contribution is 5.91. The van der Waals surface area contributed by atoms with Crippen molar-refractivity contribution >= 4 is 23.3 Å². The van der Waals surface area contributed by atoms with Crippen molar-refractivity contribution in [2.75, 3.05) is 17.7 Å². The summed E-state index contributed by atoms with van der Waals surface area (Å²) in [6.07, 6.45) is 4.30. The molecule has 8 nitrogen and oxygen atoms in total. The Bertz CT molecular complexity index is 1390. The van der Waals surface area contributed by atoms with Gasteiger partial charge < -0.3 is 11.1 Å². The van der Waals surface area contributed by atoms with Crippen molar-refractivity contribution in [3.05, 3.63) is 77.7 Å². The van der Waals surface area contributed by atoms with E-state index in [2.05, 4.69) is 15.4 Å². The number of carbonyl (C=O) groups is 1. The van der Waals surface area contributed by atoms with Crippen molar-refractivity contribution in [3.8, 4) is 11.1 Å². The maximum atomic E-state index is 15.9. The molecule has 2 aliphatic rings. The molecule has 4 aromatic rings. The average molecular weight is 458 g/mol. The first-order valence-corrected chi connectivity index (χ1v) is 11.3. The van der Waals surface area contributed by atoms with Crippen LogP contribution >= 0.6 is 0 Å². The topological polar surface area (TPSA) is 97.8 Å². The summed E-state index contributed by atoms with van der Waals surface area (Å²) in [5.41, 5.74) is 9.17. The van der Waals surface area contributed by atoms with Gasteiger partial charge in [-0.05, 0) is 47.6 Å². The molecule has 0 spiro atoms. The fraction of sp³-hybridized carbons (Fsp3) is 0.240. The lowest BCUT2D eigenvalue weighted by Gasteiger charge is -2.24. The van der Waals surface area contributed by atoms with Crippen LogP contribution in [0.2, 0.25) is 0 Å². The number of fused-ring (bicyclic) bond motifs is 1. The highest BCUT2D eigenvalue weighted by atomic mass is 19.1. The van der Waals surface area contributed by atoms with Crippen LogP contribution in [0.4, 0.5) is 20.8 Å². The molecule has 3 heterocycles. The molecule has 1 saturated carbocycles. The lowest BCUT2D eigenvalue weighted by atomic mass is 9.99. The van der Waals surface area contributed by atoms with Gasteiger partial charge in [0.2, 0.25) is 5.95 Å². The molecular formula is C25H23FN6O2. The van der Waals surface area contributed by atoms with Gasteiger partial charge in [-0.25, -0.2) is 13.7 Å². The van der Waals surface area contributed by atoms with Crippen LogP contribution < -0.4 is 11.1 Å². The van der Waals surface area contributed by atoms with Crippen LogP contribution in [-0.4, -0.2) is 32.3 Å². The van der Waals surface area contributed by atoms with E-state index in [1.54, 1.807) is 24.4 Å². The Morgan fingerprint density at radius 1 is 1.12 bits per heavy atom. The van der Waals surface area contributed by atoms with E-state index in [1.807, 2.05) is 36.4 Å². The molecule has 1 saturated heterocycles. The number of urea groups is 1. The molecule has 2 aromatic heterocycles. The minimum absolute atomic E-state index is 0.147. The molecule has 1 aliphatic heterocycles. The summed E-state index contributed by atoms with van der Waals surface area (Å²) in [5.74, 6) is -0.0969. The summed E-state index contributed by atoms with van der Waals surface area (Å²) >= 11 is 0. The Hall–Kier alpha value is -3.98. The van der Waals surface area contributed by atoms with Gasteiger partial charge in [0.05, 0.1) is 18.3 Å². The number of anilines is 2. The zero-order valence-corrected chi connectivity index (χ0v) is 18.3. The maximum Gasteiger partial charge on any atom is 0.346 e. The van der Waals surface area contributed by atoms with Crippen LogP contribution in [0, 0.1) is 5.82 Å². The van der Waals surface area contributed by atoms with Gasteiger partial charge in [-0.2, -0.15) is 10.0 Å². The number of nitrogens with one attached hydrogen (secondary N) is 1. The molecule has 34 heavy (non-hydrogen) atoms. The Labute approximate surface area is 195 Å². The number of pyridine rings is 1. The van der Waals surface area contributed by atoms with E-state index in [9.17, 15) is 4.79 Å². The molecule has 0 unspecified atom stereocenters. The molecule has 0 bridgehead atoms. The molecule has 9 heteroatoms. The van der Waals surface area contributed by atoms with Crippen molar-refractivity contribution in [1.82, 2.24) is 19.7 Å². The Morgan fingerprint density at radius 3 is 2.74 bits per heavy atom. The summed E-state index contributed by atoms with van der Waals surface area (Å²) in [4.78, 5) is 23.1. The quantitative estimate of drug-likeness (QED) is 0.453. The summed E-state index contributed by atoms with van der Waals surface area (Å²) in [5, 5.41) is 8.21. The molecule has 1 atom stereocenters. The molecular weight excluding hydrogens is 435 g/mol. The number of carbonyl (C=O) groups excluding carboxylic acids is 1. The van der Waals surface area contributed by atoms with Gasteiger partial charge in [0.15, 0.2) is 11.5 Å². The van der Waals surface area contributed by atoms with Crippen molar-refractivity contribution in [1.29, 1.82) is 0 Å². The second-order valence-corrected chi connectivity index (χ2v) is 8.66. The largest absolute Gasteiger partial charge is 0.366 e. The number of hydrogen-bond acceptors (Lipinski definition) is 5. The number of nitrogen functional groups attached to an aromatic ring is 1. The minimum atomic E-state index is -0.481. The van der Waals surface area contributed by atoms with Gasteiger partial charge in [0, 0.05) is 18.2 Å². The van der Waals surface area contributed by atoms with E-state index in [-0.39, 0.29) is 23.6 Å². The number of benzene rings is 2. The monoisotopic (exact) mass is 458 g/mol. The van der Waals surface area contributed by atoms with Crippen molar-refractivity contribution in [2.24, 2.45) is 0 Å². The predicted octanol–water partition coefficient (Wildman–Crippen LogP) is 4.91. The molecule has 1 aliphatic carbocycles. The summed E-state index contributed by atoms with van der Waals surface area (Å²) < 4.78 is 17.5. The fourth-order valence-corrected chi connectivity index (χ4v) is 4.55. The second-order valence-electron chi connectivity index (χ2n) is 8.66. The van der Waals surface area contributed by atoms with Gasteiger partial charge in [-0.1, -0.05) is 42.5 Å². The number of hydrogen-bond donors (Lipinski definition) is 2. The van der Waals surface area contributed by atoms with Gasteiger partial charge in [0.1, 0.15) is 0 Å². The predicted molar refractivity (Wildman–Crippen MR) is 125 cm³/mol. The second kappa shape index (κ2) is 8.11. The minimum Gasteiger partial charge on any atom is -0.366 e. The first kappa shape index (κ1) is 20.6. The summed E-state index contributed by atoms with van der Waals surface area (Å²) in [7, 11) is 0. The van der Waals surface area contributed by atoms with Crippen LogP contribution in [0.1, 0.15) is 42.3 Å². The maximum absolute atomic E-state index is 15.9. The first-order chi connectivity index (χ1) is 16.6. The number of nitrogens with two attached hydrogens (primary N) is 1. The third kappa shape index (κ3) is 3.63. The van der Waals surface area contributed by atoms with E-state index in [0.29, 0.717) is 29.8 Å². The number of hydroxylamine groups is 2. The normalized spacial score (nSPS) is 17.9. The lowest BCUT2D eigenvalue weighted by Crippen LogP contribution is -2.34. The van der Waals surface area contributed by atoms with E-state index in [0.717, 1.165) is 24.0 Å². The van der Waals surface area contributed by atoms with Crippen molar-refractivity contribution in [2.45, 2.75) is 31.2 Å². The van der Waals surface area contributed by atoms with Crippen LogP contribution in [0.5, 0.6) is 0 Å². The van der Waals surface area contributed by atoms with E-state index in [4.69, 9.17) is 10.6 Å². The zero-order valence-electron chi connectivity index (χ0n) is 18.3. The summed E-state index contributed by atoms with van der Waals surface area (Å²) in [6.45, 7) is 0.423. The van der Waals surface area contributed by atoms with Crippen LogP contribution in [0.15, 0.2) is 60.8 Å². The number of rotatable bonds is 4. The Balaban J connectivity index is 1.35. The highest BCUT2D eigenvalue weighted by Crippen LogP contribution is 2.46. The van der Waals surface area contributed by atoms with Gasteiger partial charge in [-0.15, -0.1) is 5.10 Å². The average Bonchev–Trinajstić information content (AvgIpc) is 3.43. The van der Waals surface area contributed by atoms with E-state index >= 15 is 4.39 Å². The standard InChI is InChI=1S/C25H23FN6O2/c26-22-18(17-10-12-31-21(14-17)28-24(27)30-31)8-9-19(15-6-7-15)23(22)29-25(33)32-20(11-13-34-32)16-4-2-1-3-5-16/h1-5,8-10,12,14-15,20H,6-7,11,13H2,(H2,27,30)(H,29,33)/t20-/m0/s1. The number of amides is 2. The van der Waals surface area contributed by atoms with Gasteiger partial charge >= 0.3 is 6.03 Å². The number of aromatic nitrogens is 3. The van der Waals surface area contributed by atoms with Crippen LogP contribution in [0.25, 0.3) is 16.8 Å². The van der Waals surface area contributed by atoms with Crippen LogP contribution in [0.3, 0.4) is 0 Å². The van der Waals surface area contributed by atoms with Gasteiger partial charge in [0.25, 0.3) is 0 Å². The third-order valence-electron chi connectivity index (χ3n) is 6.38. The lowest BCUT2D eigenvalue weighted by molar-refractivity contribution is -0.0830.